The molecule has 1 N–H and O–H groups in total. The molecule has 31 heavy (non-hydrogen) atoms. The van der Waals surface area contributed by atoms with Gasteiger partial charge in [-0.1, -0.05) is 60.1 Å². The minimum Gasteiger partial charge on any atom is -0.493 e. The monoisotopic (exact) mass is 454 g/mol. The molecule has 0 radical (unpaired) electrons. The maximum Gasteiger partial charge on any atom is 0.169 e. The average Bonchev–Trinajstić information content (AvgIpc) is 2.80. The molecule has 0 bridgehead atoms. The van der Waals surface area contributed by atoms with E-state index in [0.717, 1.165) is 52.3 Å². The number of ether oxygens (including phenoxy) is 2. The van der Waals surface area contributed by atoms with Gasteiger partial charge < -0.3 is 19.7 Å². The third-order valence-electron chi connectivity index (χ3n) is 4.93. The zero-order chi connectivity index (χ0) is 22.1. The highest BCUT2D eigenvalue weighted by Crippen LogP contribution is 2.27. The van der Waals surface area contributed by atoms with Gasteiger partial charge >= 0.3 is 0 Å². The fourth-order valence-corrected chi connectivity index (χ4v) is 3.63. The second-order valence-electron chi connectivity index (χ2n) is 7.14. The standard InChI is InChI=1S/C25H27ClN2O2S/c1-29-23-13-10-19(16-24(23)30-2)14-15-27-25(31)28(17-20-6-4-3-5-7-20)18-21-8-11-22(26)12-9-21/h3-13,16H,14-15,17-18H2,1-2H3,(H,27,31). The second-order valence-corrected chi connectivity index (χ2v) is 7.96. The molecule has 6 heteroatoms. The summed E-state index contributed by atoms with van der Waals surface area (Å²) in [7, 11) is 3.28. The molecule has 3 aromatic rings. The SMILES string of the molecule is COc1ccc(CCNC(=S)N(Cc2ccccc2)Cc2ccc(Cl)cc2)cc1OC. The van der Waals surface area contributed by atoms with E-state index in [-0.39, 0.29) is 0 Å². The molecule has 4 nitrogen and oxygen atoms in total. The van der Waals surface area contributed by atoms with Gasteiger partial charge in [0.1, 0.15) is 0 Å². The number of halogens is 1. The third-order valence-corrected chi connectivity index (χ3v) is 5.58. The molecule has 0 aromatic heterocycles. The van der Waals surface area contributed by atoms with E-state index in [9.17, 15) is 0 Å². The van der Waals surface area contributed by atoms with Crippen molar-refractivity contribution in [3.05, 3.63) is 94.5 Å². The van der Waals surface area contributed by atoms with Crippen LogP contribution in [0.1, 0.15) is 16.7 Å². The van der Waals surface area contributed by atoms with E-state index in [1.54, 1.807) is 14.2 Å². The summed E-state index contributed by atoms with van der Waals surface area (Å²) < 4.78 is 10.7. The summed E-state index contributed by atoms with van der Waals surface area (Å²) in [6.07, 6.45) is 0.820. The molecule has 0 unspecified atom stereocenters. The zero-order valence-corrected chi connectivity index (χ0v) is 19.4. The minimum absolute atomic E-state index is 0.703. The molecule has 162 valence electrons. The van der Waals surface area contributed by atoms with Crippen LogP contribution < -0.4 is 14.8 Å². The first kappa shape index (κ1) is 22.9. The number of thiocarbonyl (C=S) groups is 1. The maximum absolute atomic E-state index is 6.04. The molecule has 0 saturated carbocycles. The Bertz CT molecular complexity index is 981. The van der Waals surface area contributed by atoms with Crippen molar-refractivity contribution >= 4 is 28.9 Å². The van der Waals surface area contributed by atoms with Gasteiger partial charge in [0, 0.05) is 24.7 Å². The molecule has 0 amide bonds. The van der Waals surface area contributed by atoms with E-state index in [0.29, 0.717) is 6.54 Å². The van der Waals surface area contributed by atoms with Gasteiger partial charge in [-0.2, -0.15) is 0 Å². The van der Waals surface area contributed by atoms with Gasteiger partial charge in [0.05, 0.1) is 14.2 Å². The fraction of sp³-hybridized carbons (Fsp3) is 0.240. The highest BCUT2D eigenvalue weighted by molar-refractivity contribution is 7.80. The van der Waals surface area contributed by atoms with Crippen LogP contribution in [-0.4, -0.2) is 30.8 Å². The zero-order valence-electron chi connectivity index (χ0n) is 17.8. The van der Waals surface area contributed by atoms with Crippen molar-refractivity contribution in [1.29, 1.82) is 0 Å². The lowest BCUT2D eigenvalue weighted by molar-refractivity contribution is 0.354. The number of nitrogens with zero attached hydrogens (tertiary/aromatic N) is 1. The van der Waals surface area contributed by atoms with Crippen molar-refractivity contribution in [3.63, 3.8) is 0 Å². The van der Waals surface area contributed by atoms with Crippen molar-refractivity contribution < 1.29 is 9.47 Å². The predicted molar refractivity (Wildman–Crippen MR) is 131 cm³/mol. The number of hydrogen-bond acceptors (Lipinski definition) is 3. The number of methoxy groups -OCH3 is 2. The van der Waals surface area contributed by atoms with Crippen LogP contribution in [0.2, 0.25) is 5.02 Å². The Morgan fingerprint density at radius 3 is 2.10 bits per heavy atom. The maximum atomic E-state index is 6.04. The molecule has 3 rings (SSSR count). The number of rotatable bonds is 9. The van der Waals surface area contributed by atoms with Crippen LogP contribution in [0.25, 0.3) is 0 Å². The molecule has 3 aromatic carbocycles. The van der Waals surface area contributed by atoms with Crippen LogP contribution in [0.5, 0.6) is 11.5 Å². The van der Waals surface area contributed by atoms with Crippen LogP contribution in [0.15, 0.2) is 72.8 Å². The summed E-state index contributed by atoms with van der Waals surface area (Å²) in [5, 5.41) is 4.86. The summed E-state index contributed by atoms with van der Waals surface area (Å²) in [5.41, 5.74) is 3.52. The molecular formula is C25H27ClN2O2S. The highest BCUT2D eigenvalue weighted by atomic mass is 35.5. The van der Waals surface area contributed by atoms with Crippen LogP contribution in [0.3, 0.4) is 0 Å². The molecule has 0 fully saturated rings. The van der Waals surface area contributed by atoms with Gasteiger partial charge in [0.25, 0.3) is 0 Å². The summed E-state index contributed by atoms with van der Waals surface area (Å²) in [6, 6.07) is 24.2. The largest absolute Gasteiger partial charge is 0.493 e. The quantitative estimate of drug-likeness (QED) is 0.433. The molecule has 0 aliphatic rings. The first-order chi connectivity index (χ1) is 15.1. The number of nitrogens with one attached hydrogen (secondary N) is 1. The summed E-state index contributed by atoms with van der Waals surface area (Å²) >= 11 is 11.8. The van der Waals surface area contributed by atoms with Crippen molar-refractivity contribution in [3.8, 4) is 11.5 Å². The molecule has 0 saturated heterocycles. The fourth-order valence-electron chi connectivity index (χ4n) is 3.28. The average molecular weight is 455 g/mol. The van der Waals surface area contributed by atoms with Crippen molar-refractivity contribution in [2.45, 2.75) is 19.5 Å². The normalized spacial score (nSPS) is 10.4. The first-order valence-corrected chi connectivity index (χ1v) is 10.9. The van der Waals surface area contributed by atoms with E-state index in [1.807, 2.05) is 60.7 Å². The van der Waals surface area contributed by atoms with E-state index in [4.69, 9.17) is 33.3 Å². The Balaban J connectivity index is 1.64. The Hall–Kier alpha value is -2.76. The van der Waals surface area contributed by atoms with Crippen molar-refractivity contribution in [2.24, 2.45) is 0 Å². The number of benzene rings is 3. The smallest absolute Gasteiger partial charge is 0.169 e. The molecular weight excluding hydrogens is 428 g/mol. The summed E-state index contributed by atoms with van der Waals surface area (Å²) in [6.45, 7) is 2.15. The summed E-state index contributed by atoms with van der Waals surface area (Å²) in [5.74, 6) is 1.46. The van der Waals surface area contributed by atoms with E-state index < -0.39 is 0 Å². The van der Waals surface area contributed by atoms with Crippen molar-refractivity contribution in [2.75, 3.05) is 20.8 Å². The Kier molecular flexibility index (Phi) is 8.56. The topological polar surface area (TPSA) is 33.7 Å². The minimum atomic E-state index is 0.703. The van der Waals surface area contributed by atoms with Gasteiger partial charge in [0.15, 0.2) is 16.6 Å². The van der Waals surface area contributed by atoms with Crippen molar-refractivity contribution in [1.82, 2.24) is 10.2 Å². The van der Waals surface area contributed by atoms with E-state index in [2.05, 4.69) is 22.3 Å². The predicted octanol–water partition coefficient (Wildman–Crippen LogP) is 5.48. The highest BCUT2D eigenvalue weighted by Gasteiger charge is 2.12. The van der Waals surface area contributed by atoms with Crippen LogP contribution in [-0.2, 0) is 19.5 Å². The Morgan fingerprint density at radius 2 is 1.45 bits per heavy atom. The van der Waals surface area contributed by atoms with Crippen LogP contribution in [0, 0.1) is 0 Å². The molecule has 0 atom stereocenters. The van der Waals surface area contributed by atoms with Gasteiger partial charge in [0.2, 0.25) is 0 Å². The first-order valence-electron chi connectivity index (χ1n) is 10.1. The lowest BCUT2D eigenvalue weighted by Gasteiger charge is -2.26. The Morgan fingerprint density at radius 1 is 0.839 bits per heavy atom. The van der Waals surface area contributed by atoms with E-state index >= 15 is 0 Å². The molecule has 0 heterocycles. The van der Waals surface area contributed by atoms with Gasteiger partial charge in [-0.05, 0) is 59.6 Å². The number of hydrogen-bond donors (Lipinski definition) is 1. The third kappa shape index (κ3) is 6.88. The van der Waals surface area contributed by atoms with Gasteiger partial charge in [-0.15, -0.1) is 0 Å². The molecule has 0 aliphatic carbocycles. The van der Waals surface area contributed by atoms with Crippen LogP contribution >= 0.6 is 23.8 Å². The van der Waals surface area contributed by atoms with Gasteiger partial charge in [-0.25, -0.2) is 0 Å². The lowest BCUT2D eigenvalue weighted by atomic mass is 10.1. The second kappa shape index (κ2) is 11.6. The molecule has 0 spiro atoms. The summed E-state index contributed by atoms with van der Waals surface area (Å²) in [4.78, 5) is 2.17. The van der Waals surface area contributed by atoms with Gasteiger partial charge in [-0.3, -0.25) is 0 Å². The lowest BCUT2D eigenvalue weighted by Crippen LogP contribution is -2.39. The van der Waals surface area contributed by atoms with E-state index in [1.165, 1.54) is 5.56 Å². The Labute approximate surface area is 194 Å². The molecule has 0 aliphatic heterocycles. The van der Waals surface area contributed by atoms with Crippen LogP contribution in [0.4, 0.5) is 0 Å².